The highest BCUT2D eigenvalue weighted by atomic mass is 35.5. The number of nitrogens with one attached hydrogen (secondary N) is 1. The Morgan fingerprint density at radius 2 is 1.93 bits per heavy atom. The van der Waals surface area contributed by atoms with Crippen LogP contribution in [-0.2, 0) is 13.1 Å². The molecule has 6 heteroatoms. The number of carbonyl (C=O) groups excluding carboxylic acids is 1. The number of imidazole rings is 1. The number of rotatable bonds is 3. The first-order chi connectivity index (χ1) is 14.7. The van der Waals surface area contributed by atoms with E-state index >= 15 is 0 Å². The third-order valence-corrected chi connectivity index (χ3v) is 5.81. The molecule has 0 fully saturated rings. The summed E-state index contributed by atoms with van der Waals surface area (Å²) in [5, 5.41) is 2.65. The van der Waals surface area contributed by atoms with Gasteiger partial charge in [0.15, 0.2) is 0 Å². The second kappa shape index (κ2) is 7.94. The third-order valence-electron chi connectivity index (χ3n) is 5.58. The number of H-pyrrole nitrogens is 1. The van der Waals surface area contributed by atoms with Crippen LogP contribution >= 0.6 is 11.6 Å². The van der Waals surface area contributed by atoms with Crippen molar-refractivity contribution in [2.75, 3.05) is 18.0 Å². The van der Waals surface area contributed by atoms with Crippen LogP contribution in [0.4, 0.5) is 5.69 Å². The van der Waals surface area contributed by atoms with E-state index in [9.17, 15) is 4.79 Å². The Morgan fingerprint density at radius 1 is 1.07 bits per heavy atom. The van der Waals surface area contributed by atoms with E-state index in [1.54, 1.807) is 6.33 Å². The number of halogens is 1. The van der Waals surface area contributed by atoms with Gasteiger partial charge in [0, 0.05) is 48.6 Å². The monoisotopic (exact) mass is 416 g/mol. The van der Waals surface area contributed by atoms with Gasteiger partial charge in [-0.2, -0.15) is 0 Å². The maximum atomic E-state index is 13.7. The summed E-state index contributed by atoms with van der Waals surface area (Å²) >= 11 is 6.33. The van der Waals surface area contributed by atoms with Crippen LogP contribution in [0.3, 0.4) is 0 Å². The first-order valence-electron chi connectivity index (χ1n) is 9.97. The summed E-state index contributed by atoms with van der Waals surface area (Å²) in [4.78, 5) is 25.2. The number of benzene rings is 3. The van der Waals surface area contributed by atoms with Crippen molar-refractivity contribution in [1.82, 2.24) is 14.9 Å². The van der Waals surface area contributed by atoms with Gasteiger partial charge in [-0.3, -0.25) is 9.69 Å². The molecule has 0 unspecified atom stereocenters. The van der Waals surface area contributed by atoms with Crippen LogP contribution in [0.15, 0.2) is 73.2 Å². The summed E-state index contributed by atoms with van der Waals surface area (Å²) in [5.74, 6) is -0.00284. The molecule has 1 aromatic heterocycles. The van der Waals surface area contributed by atoms with Gasteiger partial charge in [-0.05, 0) is 34.5 Å². The molecule has 0 spiro atoms. The average molecular weight is 417 g/mol. The van der Waals surface area contributed by atoms with Gasteiger partial charge in [-0.1, -0.05) is 54.1 Å². The maximum Gasteiger partial charge on any atom is 0.258 e. The molecule has 1 aliphatic heterocycles. The van der Waals surface area contributed by atoms with Crippen molar-refractivity contribution in [2.45, 2.75) is 13.1 Å². The fraction of sp³-hybridized carbons (Fsp3) is 0.167. The van der Waals surface area contributed by atoms with Crippen molar-refractivity contribution in [3.05, 3.63) is 95.0 Å². The molecule has 0 radical (unpaired) electrons. The van der Waals surface area contributed by atoms with Gasteiger partial charge in [-0.15, -0.1) is 0 Å². The minimum Gasteiger partial charge on any atom is -0.351 e. The fourth-order valence-corrected chi connectivity index (χ4v) is 4.28. The van der Waals surface area contributed by atoms with Crippen LogP contribution in [0.25, 0.3) is 10.8 Å². The van der Waals surface area contributed by atoms with Crippen LogP contribution in [0.5, 0.6) is 0 Å². The minimum absolute atomic E-state index is 0.00284. The molecule has 4 aromatic rings. The first kappa shape index (κ1) is 18.9. The molecule has 0 saturated heterocycles. The summed E-state index contributed by atoms with van der Waals surface area (Å²) in [7, 11) is 0. The predicted molar refractivity (Wildman–Crippen MR) is 120 cm³/mol. The number of anilines is 1. The molecule has 5 nitrogen and oxygen atoms in total. The molecule has 0 atom stereocenters. The highest BCUT2D eigenvalue weighted by molar-refractivity contribution is 6.31. The molecule has 1 amide bonds. The molecule has 150 valence electrons. The number of nitrogens with zero attached hydrogens (tertiary/aromatic N) is 3. The molecule has 2 heterocycles. The lowest BCUT2D eigenvalue weighted by Crippen LogP contribution is -2.36. The number of aromatic amines is 1. The van der Waals surface area contributed by atoms with Gasteiger partial charge in [0.05, 0.1) is 12.0 Å². The Kier molecular flexibility index (Phi) is 4.99. The van der Waals surface area contributed by atoms with E-state index in [2.05, 4.69) is 14.9 Å². The second-order valence-corrected chi connectivity index (χ2v) is 7.96. The third kappa shape index (κ3) is 3.58. The van der Waals surface area contributed by atoms with E-state index in [1.807, 2.05) is 71.8 Å². The highest BCUT2D eigenvalue weighted by Crippen LogP contribution is 2.31. The molecule has 5 rings (SSSR count). The molecular formula is C24H21ClN4O. The van der Waals surface area contributed by atoms with Gasteiger partial charge in [0.25, 0.3) is 5.91 Å². The van der Waals surface area contributed by atoms with Crippen molar-refractivity contribution in [2.24, 2.45) is 0 Å². The molecule has 30 heavy (non-hydrogen) atoms. The molecule has 1 aliphatic rings. The standard InChI is InChI=1S/C24H21ClN4O/c25-19-9-8-18-14-28(15-20-13-26-16-27-20)10-11-29(23(18)12-19)24(30)22-7-3-5-17-4-1-2-6-21(17)22/h1-9,12-13,16H,10-11,14-15H2,(H,26,27). The fourth-order valence-electron chi connectivity index (χ4n) is 4.11. The summed E-state index contributed by atoms with van der Waals surface area (Å²) in [6.45, 7) is 2.79. The number of aromatic nitrogens is 2. The Morgan fingerprint density at radius 3 is 2.80 bits per heavy atom. The van der Waals surface area contributed by atoms with Crippen LogP contribution < -0.4 is 4.90 Å². The van der Waals surface area contributed by atoms with Gasteiger partial charge < -0.3 is 9.88 Å². The molecular weight excluding hydrogens is 396 g/mol. The zero-order valence-electron chi connectivity index (χ0n) is 16.4. The van der Waals surface area contributed by atoms with Crippen LogP contribution in [0.2, 0.25) is 5.02 Å². The smallest absolute Gasteiger partial charge is 0.258 e. The van der Waals surface area contributed by atoms with Crippen molar-refractivity contribution in [1.29, 1.82) is 0 Å². The van der Waals surface area contributed by atoms with Gasteiger partial charge in [-0.25, -0.2) is 4.98 Å². The van der Waals surface area contributed by atoms with Crippen LogP contribution in [0, 0.1) is 0 Å². The predicted octanol–water partition coefficient (Wildman–Crippen LogP) is 4.88. The summed E-state index contributed by atoms with van der Waals surface area (Å²) < 4.78 is 0. The van der Waals surface area contributed by atoms with Crippen LogP contribution in [0.1, 0.15) is 21.6 Å². The van der Waals surface area contributed by atoms with Gasteiger partial charge in [0.2, 0.25) is 0 Å². The highest BCUT2D eigenvalue weighted by Gasteiger charge is 2.26. The SMILES string of the molecule is O=C(c1cccc2ccccc12)N1CCN(Cc2c[nH]cn2)Cc2ccc(Cl)cc21. The molecule has 0 bridgehead atoms. The van der Waals surface area contributed by atoms with E-state index in [1.165, 1.54) is 0 Å². The van der Waals surface area contributed by atoms with Crippen LogP contribution in [-0.4, -0.2) is 33.9 Å². The molecule has 1 N–H and O–H groups in total. The van der Waals surface area contributed by atoms with E-state index in [-0.39, 0.29) is 5.91 Å². The summed E-state index contributed by atoms with van der Waals surface area (Å²) in [6.07, 6.45) is 3.60. The van der Waals surface area contributed by atoms with Crippen molar-refractivity contribution >= 4 is 34.0 Å². The van der Waals surface area contributed by atoms with E-state index in [4.69, 9.17) is 11.6 Å². The zero-order chi connectivity index (χ0) is 20.5. The first-order valence-corrected chi connectivity index (χ1v) is 10.3. The summed E-state index contributed by atoms with van der Waals surface area (Å²) in [5.41, 5.74) is 3.66. The number of fused-ring (bicyclic) bond motifs is 2. The summed E-state index contributed by atoms with van der Waals surface area (Å²) in [6, 6.07) is 19.7. The topological polar surface area (TPSA) is 52.2 Å². The lowest BCUT2D eigenvalue weighted by Gasteiger charge is -2.24. The molecule has 0 saturated carbocycles. The average Bonchev–Trinajstić information content (AvgIpc) is 3.21. The number of hydrogen-bond acceptors (Lipinski definition) is 3. The second-order valence-electron chi connectivity index (χ2n) is 7.53. The minimum atomic E-state index is -0.00284. The van der Waals surface area contributed by atoms with Crippen molar-refractivity contribution < 1.29 is 4.79 Å². The van der Waals surface area contributed by atoms with Crippen molar-refractivity contribution in [3.8, 4) is 0 Å². The van der Waals surface area contributed by atoms with Gasteiger partial charge >= 0.3 is 0 Å². The lowest BCUT2D eigenvalue weighted by molar-refractivity contribution is 0.0986. The number of amides is 1. The van der Waals surface area contributed by atoms with E-state index < -0.39 is 0 Å². The molecule has 0 aliphatic carbocycles. The normalized spacial score (nSPS) is 14.5. The maximum absolute atomic E-state index is 13.7. The zero-order valence-corrected chi connectivity index (χ0v) is 17.1. The van der Waals surface area contributed by atoms with Gasteiger partial charge in [0.1, 0.15) is 0 Å². The largest absolute Gasteiger partial charge is 0.351 e. The Hall–Kier alpha value is -3.15. The van der Waals surface area contributed by atoms with E-state index in [0.717, 1.165) is 47.4 Å². The number of hydrogen-bond donors (Lipinski definition) is 1. The van der Waals surface area contributed by atoms with Crippen molar-refractivity contribution in [3.63, 3.8) is 0 Å². The Balaban J connectivity index is 1.53. The molecule has 3 aromatic carbocycles. The van der Waals surface area contributed by atoms with E-state index in [0.29, 0.717) is 17.1 Å². The lowest BCUT2D eigenvalue weighted by atomic mass is 10.0. The Labute approximate surface area is 179 Å². The number of carbonyl (C=O) groups is 1. The Bertz CT molecular complexity index is 1200. The quantitative estimate of drug-likeness (QED) is 0.518.